The minimum Gasteiger partial charge on any atom is -0.306 e. The summed E-state index contributed by atoms with van der Waals surface area (Å²) in [6.45, 7) is 2.71. The van der Waals surface area contributed by atoms with Crippen molar-refractivity contribution in [3.05, 3.63) is 52.6 Å². The summed E-state index contributed by atoms with van der Waals surface area (Å²) in [6, 6.07) is 4.80. The molecule has 1 aromatic heterocycles. The average molecular weight is 268 g/mol. The van der Waals surface area contributed by atoms with Gasteiger partial charge in [0.2, 0.25) is 0 Å². The zero-order chi connectivity index (χ0) is 13.1. The van der Waals surface area contributed by atoms with Crippen molar-refractivity contribution in [3.8, 4) is 0 Å². The van der Waals surface area contributed by atoms with E-state index in [-0.39, 0.29) is 16.9 Å². The van der Waals surface area contributed by atoms with Crippen LogP contribution in [-0.2, 0) is 7.05 Å². The maximum Gasteiger partial charge on any atom is 0.146 e. The van der Waals surface area contributed by atoms with Gasteiger partial charge in [-0.1, -0.05) is 30.7 Å². The zero-order valence-electron chi connectivity index (χ0n) is 10.3. The van der Waals surface area contributed by atoms with Gasteiger partial charge in [0.15, 0.2) is 0 Å². The van der Waals surface area contributed by atoms with Gasteiger partial charge in [0, 0.05) is 24.4 Å². The molecule has 3 nitrogen and oxygen atoms in total. The molecule has 1 N–H and O–H groups in total. The van der Waals surface area contributed by atoms with Crippen molar-refractivity contribution in [2.24, 2.45) is 7.05 Å². The lowest BCUT2D eigenvalue weighted by molar-refractivity contribution is 0.559. The van der Waals surface area contributed by atoms with Crippen LogP contribution in [0.2, 0.25) is 5.02 Å². The fourth-order valence-electron chi connectivity index (χ4n) is 1.94. The summed E-state index contributed by atoms with van der Waals surface area (Å²) < 4.78 is 15.8. The Morgan fingerprint density at radius 3 is 2.89 bits per heavy atom. The molecule has 0 aliphatic heterocycles. The molecule has 0 saturated carbocycles. The van der Waals surface area contributed by atoms with Gasteiger partial charge in [-0.3, -0.25) is 4.68 Å². The summed E-state index contributed by atoms with van der Waals surface area (Å²) in [5.74, 6) is -0.381. The van der Waals surface area contributed by atoms with Crippen molar-refractivity contribution in [2.75, 3.05) is 6.54 Å². The molecule has 2 aromatic rings. The minimum absolute atomic E-state index is 0.138. The van der Waals surface area contributed by atoms with E-state index < -0.39 is 0 Å². The predicted molar refractivity (Wildman–Crippen MR) is 70.1 cm³/mol. The van der Waals surface area contributed by atoms with E-state index in [9.17, 15) is 4.39 Å². The fraction of sp³-hybridized carbons (Fsp3) is 0.308. The summed E-state index contributed by atoms with van der Waals surface area (Å²) in [5.41, 5.74) is 1.46. The van der Waals surface area contributed by atoms with Crippen molar-refractivity contribution in [3.63, 3.8) is 0 Å². The van der Waals surface area contributed by atoms with Crippen LogP contribution in [0, 0.1) is 5.82 Å². The molecular weight excluding hydrogens is 253 g/mol. The van der Waals surface area contributed by atoms with Crippen LogP contribution in [0.5, 0.6) is 0 Å². The summed E-state index contributed by atoms with van der Waals surface area (Å²) in [4.78, 5) is 0. The molecule has 1 unspecified atom stereocenters. The Morgan fingerprint density at radius 1 is 1.50 bits per heavy atom. The van der Waals surface area contributed by atoms with E-state index in [1.165, 1.54) is 0 Å². The molecule has 0 amide bonds. The van der Waals surface area contributed by atoms with Gasteiger partial charge in [0.25, 0.3) is 0 Å². The molecule has 0 fully saturated rings. The second-order valence-corrected chi connectivity index (χ2v) is 4.49. The van der Waals surface area contributed by atoms with Crippen molar-refractivity contribution in [1.82, 2.24) is 15.1 Å². The second kappa shape index (κ2) is 5.50. The maximum atomic E-state index is 14.1. The summed E-state index contributed by atoms with van der Waals surface area (Å²) >= 11 is 5.83. The molecule has 0 saturated heterocycles. The van der Waals surface area contributed by atoms with E-state index in [0.717, 1.165) is 12.1 Å². The van der Waals surface area contributed by atoms with Gasteiger partial charge in [0.1, 0.15) is 5.82 Å². The Bertz CT molecular complexity index is 539. The number of halogens is 2. The SMILES string of the molecule is CCNC(c1cnn(C)c1)c1cccc(Cl)c1F. The average Bonchev–Trinajstić information content (AvgIpc) is 2.77. The van der Waals surface area contributed by atoms with Crippen LogP contribution in [-0.4, -0.2) is 16.3 Å². The van der Waals surface area contributed by atoms with Crippen molar-refractivity contribution < 1.29 is 4.39 Å². The monoisotopic (exact) mass is 267 g/mol. The lowest BCUT2D eigenvalue weighted by Gasteiger charge is -2.18. The first-order valence-corrected chi connectivity index (χ1v) is 6.17. The van der Waals surface area contributed by atoms with Crippen LogP contribution in [0.3, 0.4) is 0 Å². The zero-order valence-corrected chi connectivity index (χ0v) is 11.1. The number of benzene rings is 1. The van der Waals surface area contributed by atoms with Crippen LogP contribution >= 0.6 is 11.6 Å². The number of aromatic nitrogens is 2. The van der Waals surface area contributed by atoms with Gasteiger partial charge >= 0.3 is 0 Å². The first kappa shape index (κ1) is 13.1. The lowest BCUT2D eigenvalue weighted by atomic mass is 10.0. The molecule has 18 heavy (non-hydrogen) atoms. The first-order valence-electron chi connectivity index (χ1n) is 5.79. The highest BCUT2D eigenvalue weighted by atomic mass is 35.5. The van der Waals surface area contributed by atoms with Crippen molar-refractivity contribution >= 4 is 11.6 Å². The predicted octanol–water partition coefficient (Wildman–Crippen LogP) is 2.91. The maximum absolute atomic E-state index is 14.1. The van der Waals surface area contributed by atoms with E-state index in [1.54, 1.807) is 29.1 Å². The van der Waals surface area contributed by atoms with Gasteiger partial charge in [-0.15, -0.1) is 0 Å². The van der Waals surface area contributed by atoms with Gasteiger partial charge in [0.05, 0.1) is 17.3 Å². The number of rotatable bonds is 4. The minimum atomic E-state index is -0.381. The van der Waals surface area contributed by atoms with Gasteiger partial charge < -0.3 is 5.32 Å². The van der Waals surface area contributed by atoms with Gasteiger partial charge in [-0.05, 0) is 12.6 Å². The normalized spacial score (nSPS) is 12.7. The van der Waals surface area contributed by atoms with Crippen molar-refractivity contribution in [2.45, 2.75) is 13.0 Å². The number of aryl methyl sites for hydroxylation is 1. The van der Waals surface area contributed by atoms with E-state index in [2.05, 4.69) is 10.4 Å². The third-order valence-corrected chi connectivity index (χ3v) is 3.05. The molecule has 0 radical (unpaired) electrons. The molecule has 1 heterocycles. The number of nitrogens with one attached hydrogen (secondary N) is 1. The summed E-state index contributed by atoms with van der Waals surface area (Å²) in [6.07, 6.45) is 3.60. The van der Waals surface area contributed by atoms with Gasteiger partial charge in [-0.25, -0.2) is 4.39 Å². The van der Waals surface area contributed by atoms with Gasteiger partial charge in [-0.2, -0.15) is 5.10 Å². The molecule has 0 bridgehead atoms. The third-order valence-electron chi connectivity index (χ3n) is 2.76. The number of hydrogen-bond acceptors (Lipinski definition) is 2. The molecule has 1 atom stereocenters. The standard InChI is InChI=1S/C13H15ClFN3/c1-3-16-13(9-7-17-18(2)8-9)10-5-4-6-11(14)12(10)15/h4-8,13,16H,3H2,1-2H3. The first-order chi connectivity index (χ1) is 8.63. The fourth-order valence-corrected chi connectivity index (χ4v) is 2.13. The van der Waals surface area contributed by atoms with E-state index in [0.29, 0.717) is 5.56 Å². The highest BCUT2D eigenvalue weighted by Crippen LogP contribution is 2.27. The van der Waals surface area contributed by atoms with Crippen LogP contribution in [0.15, 0.2) is 30.6 Å². The molecule has 5 heteroatoms. The lowest BCUT2D eigenvalue weighted by Crippen LogP contribution is -2.22. The Kier molecular flexibility index (Phi) is 3.99. The van der Waals surface area contributed by atoms with Crippen LogP contribution in [0.1, 0.15) is 24.1 Å². The Balaban J connectivity index is 2.44. The van der Waals surface area contributed by atoms with Crippen LogP contribution in [0.25, 0.3) is 0 Å². The highest BCUT2D eigenvalue weighted by Gasteiger charge is 2.19. The Morgan fingerprint density at radius 2 is 2.28 bits per heavy atom. The number of nitrogens with zero attached hydrogens (tertiary/aromatic N) is 2. The quantitative estimate of drug-likeness (QED) is 0.923. The van der Waals surface area contributed by atoms with Crippen LogP contribution in [0.4, 0.5) is 4.39 Å². The Labute approximate surface area is 111 Å². The van der Waals surface area contributed by atoms with E-state index >= 15 is 0 Å². The largest absolute Gasteiger partial charge is 0.306 e. The summed E-state index contributed by atoms with van der Waals surface area (Å²) in [7, 11) is 1.83. The van der Waals surface area contributed by atoms with E-state index in [1.807, 2.05) is 20.2 Å². The molecular formula is C13H15ClFN3. The third kappa shape index (κ3) is 2.54. The second-order valence-electron chi connectivity index (χ2n) is 4.08. The summed E-state index contributed by atoms with van der Waals surface area (Å²) in [5, 5.41) is 7.50. The van der Waals surface area contributed by atoms with Crippen molar-refractivity contribution in [1.29, 1.82) is 0 Å². The molecule has 0 spiro atoms. The smallest absolute Gasteiger partial charge is 0.146 e. The Hall–Kier alpha value is -1.39. The van der Waals surface area contributed by atoms with E-state index in [4.69, 9.17) is 11.6 Å². The number of hydrogen-bond donors (Lipinski definition) is 1. The molecule has 0 aliphatic rings. The highest BCUT2D eigenvalue weighted by molar-refractivity contribution is 6.30. The molecule has 96 valence electrons. The molecule has 0 aliphatic carbocycles. The topological polar surface area (TPSA) is 29.9 Å². The molecule has 1 aromatic carbocycles. The molecule has 2 rings (SSSR count). The van der Waals surface area contributed by atoms with Crippen LogP contribution < -0.4 is 5.32 Å².